The second-order valence-electron chi connectivity index (χ2n) is 13.2. The maximum absolute atomic E-state index is 14.5. The molecule has 0 radical (unpaired) electrons. The van der Waals surface area contributed by atoms with E-state index in [4.69, 9.17) is 4.74 Å². The molecule has 1 atom stereocenters. The highest BCUT2D eigenvalue weighted by Gasteiger charge is 2.34. The molecule has 0 aliphatic carbocycles. The van der Waals surface area contributed by atoms with Gasteiger partial charge in [-0.25, -0.2) is 4.98 Å². The van der Waals surface area contributed by atoms with Gasteiger partial charge in [-0.3, -0.25) is 14.5 Å². The van der Waals surface area contributed by atoms with Crippen molar-refractivity contribution >= 4 is 17.9 Å². The summed E-state index contributed by atoms with van der Waals surface area (Å²) in [4.78, 5) is 38.7. The number of benzene rings is 3. The van der Waals surface area contributed by atoms with Crippen molar-refractivity contribution in [1.82, 2.24) is 19.7 Å². The van der Waals surface area contributed by atoms with Gasteiger partial charge < -0.3 is 14.5 Å². The Balaban J connectivity index is 1.39. The molecule has 4 aromatic rings. The zero-order valence-electron chi connectivity index (χ0n) is 29.9. The Bertz CT molecular complexity index is 1740. The van der Waals surface area contributed by atoms with Gasteiger partial charge in [0, 0.05) is 64.0 Å². The summed E-state index contributed by atoms with van der Waals surface area (Å²) in [5, 5.41) is 0. The first-order chi connectivity index (χ1) is 25.1. The van der Waals surface area contributed by atoms with E-state index in [1.54, 1.807) is 18.2 Å². The third-order valence-corrected chi connectivity index (χ3v) is 9.41. The quantitative estimate of drug-likeness (QED) is 0.0929. The monoisotopic (exact) mass is 712 g/mol. The molecule has 0 bridgehead atoms. The number of aryl methyl sites for hydroxylation is 1. The van der Waals surface area contributed by atoms with Crippen molar-refractivity contribution in [2.24, 2.45) is 0 Å². The number of carbonyl (C=O) groups is 2. The first-order valence-corrected chi connectivity index (χ1v) is 17.9. The molecule has 52 heavy (non-hydrogen) atoms. The number of pyridine rings is 1. The van der Waals surface area contributed by atoms with Crippen molar-refractivity contribution in [2.45, 2.75) is 64.3 Å². The van der Waals surface area contributed by atoms with Crippen LogP contribution in [0.3, 0.4) is 0 Å². The number of alkyl halides is 3. The van der Waals surface area contributed by atoms with Crippen LogP contribution in [-0.2, 0) is 41.7 Å². The number of aromatic nitrogens is 1. The van der Waals surface area contributed by atoms with E-state index in [2.05, 4.69) is 28.9 Å². The molecule has 0 N–H and O–H groups in total. The molecule has 0 unspecified atom stereocenters. The number of carbonyl (C=O) groups excluding carboxylic acids is 2. The van der Waals surface area contributed by atoms with Crippen LogP contribution < -0.4 is 4.74 Å². The van der Waals surface area contributed by atoms with E-state index in [1.807, 2.05) is 59.5 Å². The molecule has 7 nitrogen and oxygen atoms in total. The Labute approximate surface area is 304 Å². The van der Waals surface area contributed by atoms with Crippen molar-refractivity contribution in [2.75, 3.05) is 33.3 Å². The van der Waals surface area contributed by atoms with Gasteiger partial charge in [0.1, 0.15) is 6.04 Å². The number of hydrogen-bond acceptors (Lipinski definition) is 5. The molecular weight excluding hydrogens is 665 g/mol. The minimum Gasteiger partial charge on any atom is -0.481 e. The summed E-state index contributed by atoms with van der Waals surface area (Å²) in [5.41, 5.74) is 3.77. The van der Waals surface area contributed by atoms with E-state index >= 15 is 0 Å². The van der Waals surface area contributed by atoms with Crippen molar-refractivity contribution in [3.05, 3.63) is 137 Å². The fourth-order valence-corrected chi connectivity index (χ4v) is 6.36. The van der Waals surface area contributed by atoms with Gasteiger partial charge in [-0.15, -0.1) is 0 Å². The van der Waals surface area contributed by atoms with Gasteiger partial charge in [0.05, 0.1) is 12.7 Å². The Morgan fingerprint density at radius 1 is 0.846 bits per heavy atom. The van der Waals surface area contributed by atoms with E-state index in [9.17, 15) is 22.8 Å². The summed E-state index contributed by atoms with van der Waals surface area (Å²) in [6.07, 6.45) is 4.89. The second-order valence-corrected chi connectivity index (χ2v) is 13.2. The van der Waals surface area contributed by atoms with Crippen LogP contribution in [0.2, 0.25) is 0 Å². The van der Waals surface area contributed by atoms with Crippen LogP contribution in [0.1, 0.15) is 59.6 Å². The lowest BCUT2D eigenvalue weighted by Crippen LogP contribution is -2.56. The maximum Gasteiger partial charge on any atom is 0.416 e. The minimum absolute atomic E-state index is 0.137. The van der Waals surface area contributed by atoms with Crippen molar-refractivity contribution in [3.63, 3.8) is 0 Å². The smallest absolute Gasteiger partial charge is 0.416 e. The standard InChI is InChI=1S/C42H47F3N4O3/c1-3-4-6-9-32-12-14-35(15-13-32)31-49(40(50)23-19-33-16-20-37(21-17-33)42(43,44)45)38(28-34-10-7-5-8-11-34)41(51)48-26-24-47(25-27-48)30-36-18-22-39(52-2)46-29-36/h5,7-8,10-23,29,38H,3-4,6,9,24-28,30-31H2,1-2H3/b23-19+/t38-/m0/s1. The van der Waals surface area contributed by atoms with Crippen molar-refractivity contribution in [3.8, 4) is 5.88 Å². The second kappa shape index (κ2) is 18.5. The number of halogens is 3. The number of nitrogens with zero attached hydrogens (tertiary/aromatic N) is 4. The van der Waals surface area contributed by atoms with Crippen LogP contribution in [0.4, 0.5) is 13.2 Å². The lowest BCUT2D eigenvalue weighted by Gasteiger charge is -2.39. The maximum atomic E-state index is 14.5. The number of methoxy groups -OCH3 is 1. The highest BCUT2D eigenvalue weighted by Crippen LogP contribution is 2.29. The summed E-state index contributed by atoms with van der Waals surface area (Å²) in [6, 6.07) is 25.5. The lowest BCUT2D eigenvalue weighted by molar-refractivity contribution is -0.145. The fourth-order valence-electron chi connectivity index (χ4n) is 6.36. The number of amides is 2. The minimum atomic E-state index is -4.45. The number of rotatable bonds is 15. The first kappa shape index (κ1) is 38.3. The zero-order valence-corrected chi connectivity index (χ0v) is 29.9. The number of hydrogen-bond donors (Lipinski definition) is 0. The van der Waals surface area contributed by atoms with Gasteiger partial charge in [0.2, 0.25) is 17.7 Å². The molecule has 10 heteroatoms. The molecule has 2 heterocycles. The fraction of sp³-hybridized carbons (Fsp3) is 0.357. The Morgan fingerprint density at radius 2 is 1.52 bits per heavy atom. The SMILES string of the molecule is CCCCCc1ccc(CN(C(=O)/C=C/c2ccc(C(F)(F)F)cc2)[C@@H](Cc2ccccc2)C(=O)N2CCN(Cc3ccc(OC)nc3)CC2)cc1. The molecule has 1 aliphatic rings. The van der Waals surface area contributed by atoms with Gasteiger partial charge in [0.15, 0.2) is 0 Å². The van der Waals surface area contributed by atoms with Crippen LogP contribution in [-0.4, -0.2) is 70.8 Å². The van der Waals surface area contributed by atoms with Crippen LogP contribution in [0.25, 0.3) is 6.08 Å². The average molecular weight is 713 g/mol. The van der Waals surface area contributed by atoms with Crippen LogP contribution in [0, 0.1) is 0 Å². The van der Waals surface area contributed by atoms with Crippen LogP contribution in [0.5, 0.6) is 5.88 Å². The van der Waals surface area contributed by atoms with Gasteiger partial charge >= 0.3 is 6.18 Å². The molecule has 1 fully saturated rings. The molecule has 0 saturated carbocycles. The Hall–Kier alpha value is -4.96. The van der Waals surface area contributed by atoms with E-state index in [1.165, 1.54) is 29.8 Å². The normalized spacial score (nSPS) is 14.4. The zero-order chi connectivity index (χ0) is 36.9. The number of piperazine rings is 1. The third kappa shape index (κ3) is 11.0. The molecular formula is C42H47F3N4O3. The van der Waals surface area contributed by atoms with Gasteiger partial charge in [-0.1, -0.05) is 92.6 Å². The Kier molecular flexibility index (Phi) is 13.6. The predicted octanol–water partition coefficient (Wildman–Crippen LogP) is 7.84. The largest absolute Gasteiger partial charge is 0.481 e. The Morgan fingerprint density at radius 3 is 2.13 bits per heavy atom. The molecule has 274 valence electrons. The highest BCUT2D eigenvalue weighted by molar-refractivity contribution is 5.95. The van der Waals surface area contributed by atoms with Crippen LogP contribution >= 0.6 is 0 Å². The number of ether oxygens (including phenoxy) is 1. The van der Waals surface area contributed by atoms with E-state index in [0.29, 0.717) is 50.6 Å². The third-order valence-electron chi connectivity index (χ3n) is 9.41. The summed E-state index contributed by atoms with van der Waals surface area (Å²) in [5.74, 6) is 0.0220. The molecule has 3 aromatic carbocycles. The van der Waals surface area contributed by atoms with Crippen molar-refractivity contribution in [1.29, 1.82) is 0 Å². The molecule has 1 aliphatic heterocycles. The average Bonchev–Trinajstić information content (AvgIpc) is 3.16. The van der Waals surface area contributed by atoms with Crippen LogP contribution in [0.15, 0.2) is 103 Å². The molecule has 1 saturated heterocycles. The summed E-state index contributed by atoms with van der Waals surface area (Å²) in [6.45, 7) is 5.40. The van der Waals surface area contributed by atoms with E-state index in [-0.39, 0.29) is 12.5 Å². The van der Waals surface area contributed by atoms with Crippen molar-refractivity contribution < 1.29 is 27.5 Å². The molecule has 5 rings (SSSR count). The predicted molar refractivity (Wildman–Crippen MR) is 197 cm³/mol. The summed E-state index contributed by atoms with van der Waals surface area (Å²) >= 11 is 0. The van der Waals surface area contributed by atoms with E-state index in [0.717, 1.165) is 54.5 Å². The van der Waals surface area contributed by atoms with Gasteiger partial charge in [-0.05, 0) is 58.9 Å². The first-order valence-electron chi connectivity index (χ1n) is 17.9. The lowest BCUT2D eigenvalue weighted by atomic mass is 10.0. The van der Waals surface area contributed by atoms with E-state index < -0.39 is 23.7 Å². The molecule has 2 amide bonds. The summed E-state index contributed by atoms with van der Waals surface area (Å²) in [7, 11) is 1.58. The molecule has 1 aromatic heterocycles. The number of unbranched alkanes of at least 4 members (excludes halogenated alkanes) is 2. The topological polar surface area (TPSA) is 66.0 Å². The summed E-state index contributed by atoms with van der Waals surface area (Å²) < 4.78 is 44.7. The van der Waals surface area contributed by atoms with Gasteiger partial charge in [-0.2, -0.15) is 13.2 Å². The van der Waals surface area contributed by atoms with Gasteiger partial charge in [0.25, 0.3) is 0 Å². The highest BCUT2D eigenvalue weighted by atomic mass is 19.4. The molecule has 0 spiro atoms.